The van der Waals surface area contributed by atoms with Gasteiger partial charge in [-0.05, 0) is 36.8 Å². The molecular formula is C17H18N2O3. The molecule has 0 aromatic heterocycles. The van der Waals surface area contributed by atoms with Crippen LogP contribution in [-0.2, 0) is 11.2 Å². The van der Waals surface area contributed by atoms with Gasteiger partial charge in [0.2, 0.25) is 5.91 Å². The standard InChI is InChI=1S/C17H18N2O3/c1-12(14-4-3-5-15(20)11-14)18-19-17(21)10-13-6-8-16(22-2)9-7-13/h3-9,11,20H,10H2,1-2H3,(H,19,21)/b18-12-. The van der Waals surface area contributed by atoms with Crippen LogP contribution >= 0.6 is 0 Å². The summed E-state index contributed by atoms with van der Waals surface area (Å²) in [5, 5.41) is 13.5. The maximum atomic E-state index is 11.9. The number of rotatable bonds is 5. The molecule has 22 heavy (non-hydrogen) atoms. The summed E-state index contributed by atoms with van der Waals surface area (Å²) in [4.78, 5) is 11.9. The van der Waals surface area contributed by atoms with E-state index in [9.17, 15) is 9.90 Å². The van der Waals surface area contributed by atoms with Crippen molar-refractivity contribution in [2.75, 3.05) is 7.11 Å². The van der Waals surface area contributed by atoms with Crippen molar-refractivity contribution in [3.8, 4) is 11.5 Å². The average molecular weight is 298 g/mol. The zero-order valence-corrected chi connectivity index (χ0v) is 12.5. The molecule has 0 saturated heterocycles. The Labute approximate surface area is 129 Å². The molecule has 0 heterocycles. The van der Waals surface area contributed by atoms with E-state index in [4.69, 9.17) is 4.74 Å². The summed E-state index contributed by atoms with van der Waals surface area (Å²) in [6.45, 7) is 1.77. The van der Waals surface area contributed by atoms with Gasteiger partial charge in [0, 0.05) is 5.56 Å². The number of phenolic OH excluding ortho intramolecular Hbond substituents is 1. The van der Waals surface area contributed by atoms with Gasteiger partial charge < -0.3 is 9.84 Å². The number of aromatic hydroxyl groups is 1. The third-order valence-electron chi connectivity index (χ3n) is 3.14. The van der Waals surface area contributed by atoms with Gasteiger partial charge in [-0.15, -0.1) is 0 Å². The van der Waals surface area contributed by atoms with Crippen molar-refractivity contribution in [3.63, 3.8) is 0 Å². The molecule has 2 aromatic rings. The number of phenols is 1. The molecule has 5 nitrogen and oxygen atoms in total. The van der Waals surface area contributed by atoms with Crippen molar-refractivity contribution in [2.45, 2.75) is 13.3 Å². The van der Waals surface area contributed by atoms with Crippen LogP contribution in [0.2, 0.25) is 0 Å². The highest BCUT2D eigenvalue weighted by molar-refractivity contribution is 5.99. The van der Waals surface area contributed by atoms with Crippen LogP contribution in [0.3, 0.4) is 0 Å². The van der Waals surface area contributed by atoms with Gasteiger partial charge in [-0.3, -0.25) is 4.79 Å². The number of amides is 1. The van der Waals surface area contributed by atoms with Gasteiger partial charge in [0.25, 0.3) is 0 Å². The molecule has 2 aromatic carbocycles. The number of benzene rings is 2. The van der Waals surface area contributed by atoms with Crippen LogP contribution in [0.25, 0.3) is 0 Å². The van der Waals surface area contributed by atoms with Gasteiger partial charge in [-0.2, -0.15) is 5.10 Å². The molecule has 114 valence electrons. The second-order valence-corrected chi connectivity index (χ2v) is 4.81. The highest BCUT2D eigenvalue weighted by Gasteiger charge is 2.04. The fourth-order valence-electron chi connectivity index (χ4n) is 1.91. The van der Waals surface area contributed by atoms with E-state index in [1.807, 2.05) is 30.3 Å². The number of hydrazone groups is 1. The lowest BCUT2D eigenvalue weighted by molar-refractivity contribution is -0.120. The number of carbonyl (C=O) groups excluding carboxylic acids is 1. The number of methoxy groups -OCH3 is 1. The van der Waals surface area contributed by atoms with E-state index in [1.54, 1.807) is 32.2 Å². The molecule has 0 saturated carbocycles. The highest BCUT2D eigenvalue weighted by atomic mass is 16.5. The Bertz CT molecular complexity index is 679. The Morgan fingerprint density at radius 1 is 1.23 bits per heavy atom. The Balaban J connectivity index is 1.95. The van der Waals surface area contributed by atoms with Gasteiger partial charge >= 0.3 is 0 Å². The van der Waals surface area contributed by atoms with E-state index >= 15 is 0 Å². The van der Waals surface area contributed by atoms with Crippen molar-refractivity contribution in [1.29, 1.82) is 0 Å². The van der Waals surface area contributed by atoms with Gasteiger partial charge in [0.1, 0.15) is 11.5 Å². The molecule has 2 rings (SSSR count). The van der Waals surface area contributed by atoms with Crippen LogP contribution in [-0.4, -0.2) is 23.8 Å². The van der Waals surface area contributed by atoms with Crippen LogP contribution < -0.4 is 10.2 Å². The lowest BCUT2D eigenvalue weighted by Gasteiger charge is -2.05. The molecule has 2 N–H and O–H groups in total. The van der Waals surface area contributed by atoms with Crippen LogP contribution in [0.15, 0.2) is 53.6 Å². The van der Waals surface area contributed by atoms with Crippen molar-refractivity contribution in [3.05, 3.63) is 59.7 Å². The minimum Gasteiger partial charge on any atom is -0.508 e. The quantitative estimate of drug-likeness (QED) is 0.658. The SMILES string of the molecule is COc1ccc(CC(=O)N/N=C(/C)c2cccc(O)c2)cc1. The van der Waals surface area contributed by atoms with Gasteiger partial charge in [0.05, 0.1) is 19.2 Å². The number of hydrogen-bond donors (Lipinski definition) is 2. The molecule has 0 fully saturated rings. The summed E-state index contributed by atoms with van der Waals surface area (Å²) in [5.74, 6) is 0.711. The van der Waals surface area contributed by atoms with E-state index in [0.29, 0.717) is 5.71 Å². The van der Waals surface area contributed by atoms with E-state index in [2.05, 4.69) is 10.5 Å². The van der Waals surface area contributed by atoms with Crippen LogP contribution in [0.4, 0.5) is 0 Å². The minimum absolute atomic E-state index is 0.164. The first-order chi connectivity index (χ1) is 10.6. The van der Waals surface area contributed by atoms with E-state index in [1.165, 1.54) is 0 Å². The van der Waals surface area contributed by atoms with Crippen molar-refractivity contribution < 1.29 is 14.6 Å². The second-order valence-electron chi connectivity index (χ2n) is 4.81. The van der Waals surface area contributed by atoms with Gasteiger partial charge in [-0.25, -0.2) is 5.43 Å². The van der Waals surface area contributed by atoms with Gasteiger partial charge in [0.15, 0.2) is 0 Å². The zero-order valence-electron chi connectivity index (χ0n) is 12.5. The summed E-state index contributed by atoms with van der Waals surface area (Å²) in [6, 6.07) is 14.0. The van der Waals surface area contributed by atoms with Gasteiger partial charge in [-0.1, -0.05) is 24.3 Å². The van der Waals surface area contributed by atoms with Crippen LogP contribution in [0.5, 0.6) is 11.5 Å². The second kappa shape index (κ2) is 7.26. The maximum Gasteiger partial charge on any atom is 0.244 e. The minimum atomic E-state index is -0.204. The largest absolute Gasteiger partial charge is 0.508 e. The Morgan fingerprint density at radius 2 is 1.95 bits per heavy atom. The fraction of sp³-hybridized carbons (Fsp3) is 0.176. The zero-order chi connectivity index (χ0) is 15.9. The average Bonchev–Trinajstić information content (AvgIpc) is 2.53. The Kier molecular flexibility index (Phi) is 5.14. The van der Waals surface area contributed by atoms with E-state index < -0.39 is 0 Å². The third kappa shape index (κ3) is 4.34. The predicted octanol–water partition coefficient (Wildman–Crippen LogP) is 2.48. The first-order valence-corrected chi connectivity index (χ1v) is 6.84. The number of hydrogen-bond acceptors (Lipinski definition) is 4. The first-order valence-electron chi connectivity index (χ1n) is 6.84. The Hall–Kier alpha value is -2.82. The molecule has 0 aliphatic rings. The normalized spacial score (nSPS) is 11.1. The smallest absolute Gasteiger partial charge is 0.244 e. The molecule has 1 amide bonds. The van der Waals surface area contributed by atoms with E-state index in [0.717, 1.165) is 16.9 Å². The molecule has 0 unspecified atom stereocenters. The number of nitrogens with zero attached hydrogens (tertiary/aromatic N) is 1. The summed E-state index contributed by atoms with van der Waals surface area (Å²) in [5.41, 5.74) is 4.77. The molecule has 0 atom stereocenters. The molecule has 0 aliphatic heterocycles. The summed E-state index contributed by atoms with van der Waals surface area (Å²) >= 11 is 0. The predicted molar refractivity (Wildman–Crippen MR) is 85.2 cm³/mol. The highest BCUT2D eigenvalue weighted by Crippen LogP contribution is 2.12. The lowest BCUT2D eigenvalue weighted by atomic mass is 10.1. The molecule has 0 spiro atoms. The van der Waals surface area contributed by atoms with Crippen molar-refractivity contribution in [2.24, 2.45) is 5.10 Å². The summed E-state index contributed by atoms with van der Waals surface area (Å²) in [6.07, 6.45) is 0.237. The molecule has 0 bridgehead atoms. The van der Waals surface area contributed by atoms with Crippen molar-refractivity contribution in [1.82, 2.24) is 5.43 Å². The number of ether oxygens (including phenoxy) is 1. The summed E-state index contributed by atoms with van der Waals surface area (Å²) in [7, 11) is 1.60. The molecule has 0 radical (unpaired) electrons. The maximum absolute atomic E-state index is 11.9. The van der Waals surface area contributed by atoms with Crippen LogP contribution in [0.1, 0.15) is 18.1 Å². The van der Waals surface area contributed by atoms with Crippen molar-refractivity contribution >= 4 is 11.6 Å². The molecule has 5 heteroatoms. The van der Waals surface area contributed by atoms with E-state index in [-0.39, 0.29) is 18.1 Å². The van der Waals surface area contributed by atoms with Crippen LogP contribution in [0, 0.1) is 0 Å². The summed E-state index contributed by atoms with van der Waals surface area (Å²) < 4.78 is 5.07. The third-order valence-corrected chi connectivity index (χ3v) is 3.14. The fourth-order valence-corrected chi connectivity index (χ4v) is 1.91. The first kappa shape index (κ1) is 15.6. The lowest BCUT2D eigenvalue weighted by Crippen LogP contribution is -2.21. The molecule has 0 aliphatic carbocycles. The number of carbonyl (C=O) groups is 1. The Morgan fingerprint density at radius 3 is 2.59 bits per heavy atom. The monoisotopic (exact) mass is 298 g/mol. The topological polar surface area (TPSA) is 70.9 Å². The molecular weight excluding hydrogens is 280 g/mol. The number of nitrogens with one attached hydrogen (secondary N) is 1.